The minimum atomic E-state index is 0.194. The number of nitrogens with zero attached hydrogens (tertiary/aromatic N) is 2. The summed E-state index contributed by atoms with van der Waals surface area (Å²) in [7, 11) is 0. The Kier molecular flexibility index (Phi) is 3.85. The standard InChI is InChI=1S/C16H18N2OS/c1-12-4-2-3-5-14(12)8-13(11-19)9-15-10-18-6-7-20-16(18)17-15/h2-7,10,13,19H,8-9,11H2,1H3. The Morgan fingerprint density at radius 3 is 2.90 bits per heavy atom. The number of aliphatic hydroxyl groups is 1. The maximum Gasteiger partial charge on any atom is 0.193 e. The van der Waals surface area contributed by atoms with Crippen LogP contribution >= 0.6 is 11.3 Å². The molecule has 0 radical (unpaired) electrons. The minimum Gasteiger partial charge on any atom is -0.396 e. The van der Waals surface area contributed by atoms with Crippen LogP contribution in [-0.4, -0.2) is 21.1 Å². The molecular formula is C16H18N2OS. The molecule has 3 nitrogen and oxygen atoms in total. The number of aromatic nitrogens is 2. The van der Waals surface area contributed by atoms with E-state index >= 15 is 0 Å². The van der Waals surface area contributed by atoms with Gasteiger partial charge in [0.2, 0.25) is 0 Å². The molecule has 3 aromatic rings. The first-order valence-electron chi connectivity index (χ1n) is 6.82. The number of fused-ring (bicyclic) bond motifs is 1. The van der Waals surface area contributed by atoms with Crippen LogP contribution in [0.1, 0.15) is 16.8 Å². The highest BCUT2D eigenvalue weighted by molar-refractivity contribution is 7.15. The summed E-state index contributed by atoms with van der Waals surface area (Å²) >= 11 is 1.64. The minimum absolute atomic E-state index is 0.194. The molecule has 0 spiro atoms. The van der Waals surface area contributed by atoms with Crippen LogP contribution in [0.15, 0.2) is 42.0 Å². The van der Waals surface area contributed by atoms with Crippen molar-refractivity contribution in [1.82, 2.24) is 9.38 Å². The van der Waals surface area contributed by atoms with E-state index in [1.54, 1.807) is 11.3 Å². The molecule has 1 unspecified atom stereocenters. The van der Waals surface area contributed by atoms with Gasteiger partial charge in [-0.1, -0.05) is 24.3 Å². The van der Waals surface area contributed by atoms with Gasteiger partial charge in [-0.3, -0.25) is 4.40 Å². The molecular weight excluding hydrogens is 268 g/mol. The van der Waals surface area contributed by atoms with E-state index in [2.05, 4.69) is 42.4 Å². The van der Waals surface area contributed by atoms with E-state index in [1.165, 1.54) is 11.1 Å². The molecule has 1 aromatic carbocycles. The molecule has 104 valence electrons. The van der Waals surface area contributed by atoms with Gasteiger partial charge in [-0.2, -0.15) is 0 Å². The van der Waals surface area contributed by atoms with Gasteiger partial charge in [0.15, 0.2) is 4.96 Å². The second-order valence-corrected chi connectivity index (χ2v) is 6.08. The number of aliphatic hydroxyl groups excluding tert-OH is 1. The molecule has 0 saturated heterocycles. The summed E-state index contributed by atoms with van der Waals surface area (Å²) < 4.78 is 2.04. The van der Waals surface area contributed by atoms with Gasteiger partial charge in [0, 0.05) is 24.4 Å². The summed E-state index contributed by atoms with van der Waals surface area (Å²) in [5.41, 5.74) is 3.66. The largest absolute Gasteiger partial charge is 0.396 e. The molecule has 2 aromatic heterocycles. The van der Waals surface area contributed by atoms with E-state index in [9.17, 15) is 5.11 Å². The Morgan fingerprint density at radius 1 is 1.30 bits per heavy atom. The first-order valence-corrected chi connectivity index (χ1v) is 7.70. The van der Waals surface area contributed by atoms with Crippen molar-refractivity contribution in [1.29, 1.82) is 0 Å². The Labute approximate surface area is 122 Å². The molecule has 0 amide bonds. The first kappa shape index (κ1) is 13.3. The van der Waals surface area contributed by atoms with Gasteiger partial charge >= 0.3 is 0 Å². The smallest absolute Gasteiger partial charge is 0.193 e. The van der Waals surface area contributed by atoms with Gasteiger partial charge in [-0.15, -0.1) is 11.3 Å². The van der Waals surface area contributed by atoms with E-state index in [4.69, 9.17) is 0 Å². The van der Waals surface area contributed by atoms with Crippen LogP contribution in [0.25, 0.3) is 4.96 Å². The second kappa shape index (κ2) is 5.77. The third-order valence-electron chi connectivity index (χ3n) is 3.67. The van der Waals surface area contributed by atoms with Crippen molar-refractivity contribution in [3.8, 4) is 0 Å². The molecule has 20 heavy (non-hydrogen) atoms. The number of imidazole rings is 1. The molecule has 3 rings (SSSR count). The SMILES string of the molecule is Cc1ccccc1CC(CO)Cc1cn2ccsc2n1. The molecule has 0 aliphatic rings. The summed E-state index contributed by atoms with van der Waals surface area (Å²) in [6.45, 7) is 2.32. The Balaban J connectivity index is 1.74. The van der Waals surface area contributed by atoms with Gasteiger partial charge < -0.3 is 5.11 Å². The number of benzene rings is 1. The normalized spacial score (nSPS) is 12.9. The van der Waals surface area contributed by atoms with Crippen LogP contribution in [0.5, 0.6) is 0 Å². The molecule has 0 aliphatic heterocycles. The van der Waals surface area contributed by atoms with Crippen molar-refractivity contribution in [2.45, 2.75) is 19.8 Å². The van der Waals surface area contributed by atoms with Gasteiger partial charge in [0.1, 0.15) is 0 Å². The van der Waals surface area contributed by atoms with E-state index in [1.807, 2.05) is 16.0 Å². The van der Waals surface area contributed by atoms with Gasteiger partial charge in [-0.25, -0.2) is 4.98 Å². The summed E-state index contributed by atoms with van der Waals surface area (Å²) in [6, 6.07) is 8.37. The number of thiazole rings is 1. The Morgan fingerprint density at radius 2 is 2.15 bits per heavy atom. The third kappa shape index (κ3) is 2.76. The molecule has 1 atom stereocenters. The van der Waals surface area contributed by atoms with Crippen LogP contribution in [0.3, 0.4) is 0 Å². The number of hydrogen-bond donors (Lipinski definition) is 1. The van der Waals surface area contributed by atoms with Gasteiger partial charge in [-0.05, 0) is 36.8 Å². The van der Waals surface area contributed by atoms with E-state index in [0.29, 0.717) is 0 Å². The van der Waals surface area contributed by atoms with Crippen LogP contribution in [-0.2, 0) is 12.8 Å². The molecule has 0 aliphatic carbocycles. The highest BCUT2D eigenvalue weighted by atomic mass is 32.1. The number of aryl methyl sites for hydroxylation is 1. The van der Waals surface area contributed by atoms with Crippen LogP contribution in [0.2, 0.25) is 0 Å². The maximum absolute atomic E-state index is 9.63. The fourth-order valence-corrected chi connectivity index (χ4v) is 3.24. The van der Waals surface area contributed by atoms with E-state index < -0.39 is 0 Å². The van der Waals surface area contributed by atoms with Crippen LogP contribution < -0.4 is 0 Å². The number of rotatable bonds is 5. The first-order chi connectivity index (χ1) is 9.76. The fraction of sp³-hybridized carbons (Fsp3) is 0.312. The Hall–Kier alpha value is -1.65. The molecule has 0 bridgehead atoms. The zero-order valence-electron chi connectivity index (χ0n) is 11.5. The number of hydrogen-bond acceptors (Lipinski definition) is 3. The van der Waals surface area contributed by atoms with Crippen molar-refractivity contribution in [2.24, 2.45) is 5.92 Å². The monoisotopic (exact) mass is 286 g/mol. The van der Waals surface area contributed by atoms with Crippen LogP contribution in [0.4, 0.5) is 0 Å². The van der Waals surface area contributed by atoms with Crippen molar-refractivity contribution in [3.63, 3.8) is 0 Å². The average Bonchev–Trinajstić information content (AvgIpc) is 3.01. The highest BCUT2D eigenvalue weighted by Gasteiger charge is 2.13. The summed E-state index contributed by atoms with van der Waals surface area (Å²) in [4.78, 5) is 5.62. The third-order valence-corrected chi connectivity index (χ3v) is 4.44. The van der Waals surface area contributed by atoms with E-state index in [0.717, 1.165) is 23.5 Å². The summed E-state index contributed by atoms with van der Waals surface area (Å²) in [6.07, 6.45) is 5.80. The molecule has 0 fully saturated rings. The quantitative estimate of drug-likeness (QED) is 0.782. The Bertz CT molecular complexity index is 673. The fourth-order valence-electron chi connectivity index (χ4n) is 2.52. The lowest BCUT2D eigenvalue weighted by Crippen LogP contribution is -2.13. The van der Waals surface area contributed by atoms with Crippen molar-refractivity contribution in [3.05, 3.63) is 58.9 Å². The zero-order valence-corrected chi connectivity index (χ0v) is 12.3. The highest BCUT2D eigenvalue weighted by Crippen LogP contribution is 2.18. The van der Waals surface area contributed by atoms with Crippen molar-refractivity contribution < 1.29 is 5.11 Å². The van der Waals surface area contributed by atoms with Crippen molar-refractivity contribution >= 4 is 16.3 Å². The molecule has 0 saturated carbocycles. The van der Waals surface area contributed by atoms with Crippen molar-refractivity contribution in [2.75, 3.05) is 6.61 Å². The zero-order chi connectivity index (χ0) is 13.9. The van der Waals surface area contributed by atoms with Gasteiger partial charge in [0.25, 0.3) is 0 Å². The lowest BCUT2D eigenvalue weighted by Gasteiger charge is -2.14. The maximum atomic E-state index is 9.63. The van der Waals surface area contributed by atoms with Crippen LogP contribution in [0, 0.1) is 12.8 Å². The topological polar surface area (TPSA) is 37.5 Å². The lowest BCUT2D eigenvalue weighted by atomic mass is 9.93. The molecule has 4 heteroatoms. The predicted octanol–water partition coefficient (Wildman–Crippen LogP) is 3.10. The summed E-state index contributed by atoms with van der Waals surface area (Å²) in [5, 5.41) is 11.7. The average molecular weight is 286 g/mol. The molecule has 2 heterocycles. The van der Waals surface area contributed by atoms with Gasteiger partial charge in [0.05, 0.1) is 5.69 Å². The molecule has 1 N–H and O–H groups in total. The predicted molar refractivity (Wildman–Crippen MR) is 82.2 cm³/mol. The summed E-state index contributed by atoms with van der Waals surface area (Å²) in [5.74, 6) is 0.223. The lowest BCUT2D eigenvalue weighted by molar-refractivity contribution is 0.224. The second-order valence-electron chi connectivity index (χ2n) is 5.21. The van der Waals surface area contributed by atoms with E-state index in [-0.39, 0.29) is 12.5 Å².